The first-order chi connectivity index (χ1) is 13.8. The van der Waals surface area contributed by atoms with Crippen molar-refractivity contribution in [2.45, 2.75) is 45.4 Å². The molecular weight excluding hydrogens is 404 g/mol. The van der Waals surface area contributed by atoms with Crippen LogP contribution in [-0.2, 0) is 16.1 Å². The predicted octanol–water partition coefficient (Wildman–Crippen LogP) is 2.07. The molecular formula is C17H19ClN6O5. The van der Waals surface area contributed by atoms with Crippen LogP contribution in [0.2, 0.25) is 5.02 Å². The van der Waals surface area contributed by atoms with Crippen molar-refractivity contribution in [3.05, 3.63) is 44.7 Å². The van der Waals surface area contributed by atoms with Gasteiger partial charge in [-0.25, -0.2) is 9.48 Å². The van der Waals surface area contributed by atoms with Gasteiger partial charge in [0.2, 0.25) is 0 Å². The Kier molecular flexibility index (Phi) is 6.06. The van der Waals surface area contributed by atoms with Crippen molar-refractivity contribution in [3.63, 3.8) is 0 Å². The molecule has 3 rings (SSSR count). The van der Waals surface area contributed by atoms with Crippen LogP contribution in [0.15, 0.2) is 18.2 Å². The number of tetrazole rings is 1. The van der Waals surface area contributed by atoms with Crippen LogP contribution >= 0.6 is 11.6 Å². The number of hydrogen-bond donors (Lipinski definition) is 1. The predicted molar refractivity (Wildman–Crippen MR) is 100 cm³/mol. The average Bonchev–Trinajstić information content (AvgIpc) is 3.41. The van der Waals surface area contributed by atoms with Gasteiger partial charge in [0.1, 0.15) is 11.1 Å². The molecule has 1 amide bonds. The maximum Gasteiger partial charge on any atom is 0.329 e. The molecule has 29 heavy (non-hydrogen) atoms. The molecule has 1 aliphatic rings. The van der Waals surface area contributed by atoms with Crippen molar-refractivity contribution >= 4 is 29.2 Å². The lowest BCUT2D eigenvalue weighted by Gasteiger charge is -2.20. The summed E-state index contributed by atoms with van der Waals surface area (Å²) >= 11 is 5.77. The highest BCUT2D eigenvalue weighted by Gasteiger charge is 2.30. The lowest BCUT2D eigenvalue weighted by atomic mass is 10.0. The van der Waals surface area contributed by atoms with E-state index in [1.54, 1.807) is 18.5 Å². The summed E-state index contributed by atoms with van der Waals surface area (Å²) in [6, 6.07) is 2.94. The Hall–Kier alpha value is -3.08. The van der Waals surface area contributed by atoms with Gasteiger partial charge >= 0.3 is 5.97 Å². The maximum atomic E-state index is 12.5. The monoisotopic (exact) mass is 422 g/mol. The Morgan fingerprint density at radius 1 is 1.41 bits per heavy atom. The van der Waals surface area contributed by atoms with E-state index in [2.05, 4.69) is 20.8 Å². The third-order valence-electron chi connectivity index (χ3n) is 4.41. The smallest absolute Gasteiger partial charge is 0.329 e. The zero-order valence-electron chi connectivity index (χ0n) is 15.7. The largest absolute Gasteiger partial charge is 0.456 e. The Labute approximate surface area is 170 Å². The van der Waals surface area contributed by atoms with E-state index in [-0.39, 0.29) is 29.2 Å². The molecule has 1 atom stereocenters. The quantitative estimate of drug-likeness (QED) is 0.387. The van der Waals surface area contributed by atoms with Crippen molar-refractivity contribution in [1.29, 1.82) is 0 Å². The van der Waals surface area contributed by atoms with Gasteiger partial charge in [0, 0.05) is 11.6 Å². The summed E-state index contributed by atoms with van der Waals surface area (Å²) in [6.45, 7) is 3.36. The molecule has 1 aromatic heterocycles. The van der Waals surface area contributed by atoms with Crippen LogP contribution in [0.1, 0.15) is 48.9 Å². The van der Waals surface area contributed by atoms with Gasteiger partial charge in [-0.15, -0.1) is 5.10 Å². The van der Waals surface area contributed by atoms with Gasteiger partial charge < -0.3 is 10.1 Å². The summed E-state index contributed by atoms with van der Waals surface area (Å²) in [6.07, 6.45) is 1.95. The Morgan fingerprint density at radius 2 is 2.14 bits per heavy atom. The summed E-state index contributed by atoms with van der Waals surface area (Å²) in [5, 5.41) is 24.8. The number of nitrogens with one attached hydrogen (secondary N) is 1. The second-order valence-corrected chi connectivity index (χ2v) is 7.40. The molecule has 12 heteroatoms. The number of nitro benzene ring substituents is 1. The molecule has 0 bridgehead atoms. The van der Waals surface area contributed by atoms with Gasteiger partial charge in [0.05, 0.1) is 11.0 Å². The van der Waals surface area contributed by atoms with E-state index in [0.29, 0.717) is 5.82 Å². The molecule has 1 heterocycles. The van der Waals surface area contributed by atoms with Gasteiger partial charge in [-0.2, -0.15) is 0 Å². The third kappa shape index (κ3) is 4.86. The molecule has 0 aliphatic heterocycles. The minimum atomic E-state index is -0.956. The molecule has 11 nitrogen and oxygen atoms in total. The Balaban J connectivity index is 1.66. The van der Waals surface area contributed by atoms with Gasteiger partial charge in [0.25, 0.3) is 11.6 Å². The molecule has 0 spiro atoms. The van der Waals surface area contributed by atoms with Crippen LogP contribution in [0.3, 0.4) is 0 Å². The number of esters is 1. The molecule has 1 aliphatic carbocycles. The van der Waals surface area contributed by atoms with Gasteiger partial charge in [-0.1, -0.05) is 25.4 Å². The zero-order valence-corrected chi connectivity index (χ0v) is 16.5. The van der Waals surface area contributed by atoms with E-state index in [1.807, 2.05) is 0 Å². The Bertz CT molecular complexity index is 942. The number of hydrogen-bond acceptors (Lipinski definition) is 8. The molecule has 1 N–H and O–H groups in total. The molecule has 1 fully saturated rings. The van der Waals surface area contributed by atoms with Crippen molar-refractivity contribution in [2.75, 3.05) is 0 Å². The zero-order chi connectivity index (χ0) is 21.1. The second-order valence-electron chi connectivity index (χ2n) is 7.00. The number of carbonyl (C=O) groups is 2. The minimum absolute atomic E-state index is 0.0113. The van der Waals surface area contributed by atoms with Crippen molar-refractivity contribution in [2.24, 2.45) is 5.92 Å². The minimum Gasteiger partial charge on any atom is -0.456 e. The summed E-state index contributed by atoms with van der Waals surface area (Å²) in [5.41, 5.74) is -0.382. The first-order valence-corrected chi connectivity index (χ1v) is 9.34. The number of nitro groups is 1. The molecule has 1 aromatic carbocycles. The second kappa shape index (κ2) is 8.52. The van der Waals surface area contributed by atoms with Crippen molar-refractivity contribution in [1.82, 2.24) is 25.5 Å². The highest BCUT2D eigenvalue weighted by Crippen LogP contribution is 2.34. The topological polar surface area (TPSA) is 142 Å². The fourth-order valence-electron chi connectivity index (χ4n) is 2.65. The summed E-state index contributed by atoms with van der Waals surface area (Å²) in [5.74, 6) is -1.15. The third-order valence-corrected chi connectivity index (χ3v) is 4.73. The number of rotatable bonds is 8. The average molecular weight is 423 g/mol. The van der Waals surface area contributed by atoms with E-state index in [9.17, 15) is 19.7 Å². The number of amides is 1. The molecule has 0 radical (unpaired) electrons. The van der Waals surface area contributed by atoms with Gasteiger partial charge in [-0.3, -0.25) is 14.9 Å². The van der Waals surface area contributed by atoms with Crippen LogP contribution in [0.4, 0.5) is 5.69 Å². The lowest BCUT2D eigenvalue weighted by Crippen LogP contribution is -2.45. The maximum absolute atomic E-state index is 12.5. The molecule has 0 saturated heterocycles. The number of benzene rings is 1. The van der Waals surface area contributed by atoms with Crippen LogP contribution in [-0.4, -0.2) is 43.0 Å². The number of nitrogens with zero attached hydrogens (tertiary/aromatic N) is 5. The van der Waals surface area contributed by atoms with Gasteiger partial charge in [-0.05, 0) is 41.3 Å². The molecule has 154 valence electrons. The summed E-state index contributed by atoms with van der Waals surface area (Å²) in [4.78, 5) is 35.4. The van der Waals surface area contributed by atoms with Crippen molar-refractivity contribution < 1.29 is 19.2 Å². The SMILES string of the molecule is CC(C)[C@H](NC(=O)c1ccc(Cl)c([N+](=O)[O-])c1)C(=O)OCc1nnnn1C1CC1. The standard InChI is InChI=1S/C17H19ClN6O5/c1-9(2)15(17(26)29-8-14-20-21-22-23(14)11-4-5-11)19-16(25)10-3-6-12(18)13(7-10)24(27)28/h3,6-7,9,11,15H,4-5,8H2,1-2H3,(H,19,25)/t15-/m0/s1. The summed E-state index contributed by atoms with van der Waals surface area (Å²) in [7, 11) is 0. The summed E-state index contributed by atoms with van der Waals surface area (Å²) < 4.78 is 6.93. The fourth-order valence-corrected chi connectivity index (χ4v) is 2.84. The Morgan fingerprint density at radius 3 is 2.76 bits per heavy atom. The van der Waals surface area contributed by atoms with Crippen LogP contribution in [0.5, 0.6) is 0 Å². The normalized spacial score (nSPS) is 14.5. The number of halogens is 1. The fraction of sp³-hybridized carbons (Fsp3) is 0.471. The molecule has 2 aromatic rings. The highest BCUT2D eigenvalue weighted by atomic mass is 35.5. The van der Waals surface area contributed by atoms with Crippen LogP contribution < -0.4 is 5.32 Å². The first-order valence-electron chi connectivity index (χ1n) is 8.96. The molecule has 0 unspecified atom stereocenters. The van der Waals surface area contributed by atoms with E-state index in [0.717, 1.165) is 18.9 Å². The highest BCUT2D eigenvalue weighted by molar-refractivity contribution is 6.32. The van der Waals surface area contributed by atoms with E-state index >= 15 is 0 Å². The number of carbonyl (C=O) groups excluding carboxylic acids is 2. The lowest BCUT2D eigenvalue weighted by molar-refractivity contribution is -0.384. The van der Waals surface area contributed by atoms with Crippen molar-refractivity contribution in [3.8, 4) is 0 Å². The number of aromatic nitrogens is 4. The van der Waals surface area contributed by atoms with Gasteiger partial charge in [0.15, 0.2) is 12.4 Å². The first kappa shape index (κ1) is 20.6. The van der Waals surface area contributed by atoms with Crippen LogP contribution in [0.25, 0.3) is 0 Å². The van der Waals surface area contributed by atoms with Crippen LogP contribution in [0, 0.1) is 16.0 Å². The van der Waals surface area contributed by atoms with E-state index in [4.69, 9.17) is 16.3 Å². The molecule has 1 saturated carbocycles. The number of ether oxygens (including phenoxy) is 1. The van der Waals surface area contributed by atoms with E-state index in [1.165, 1.54) is 12.1 Å². The van der Waals surface area contributed by atoms with E-state index < -0.39 is 28.5 Å².